The lowest BCUT2D eigenvalue weighted by Gasteiger charge is -1.97. The molecule has 0 radical (unpaired) electrons. The Morgan fingerprint density at radius 3 is 2.54 bits per heavy atom. The van der Waals surface area contributed by atoms with E-state index in [2.05, 4.69) is 10.1 Å². The Bertz CT molecular complexity index is 389. The molecule has 4 heteroatoms. The van der Waals surface area contributed by atoms with Crippen molar-refractivity contribution < 1.29 is 4.52 Å². The zero-order chi connectivity index (χ0) is 9.26. The molecule has 0 aliphatic rings. The summed E-state index contributed by atoms with van der Waals surface area (Å²) in [5, 5.41) is 3.67. The Hall–Kier alpha value is -1.84. The van der Waals surface area contributed by atoms with Crippen molar-refractivity contribution >= 4 is 5.82 Å². The number of anilines is 1. The highest BCUT2D eigenvalue weighted by molar-refractivity contribution is 5.74. The molecule has 0 aromatic carbocycles. The standard InChI is InChI=1S/C9H9N3O/c1-6-8(9(10)12-13-6)7-2-4-11-5-3-7/h2-5H,1H3,(H2,10,12). The number of nitrogens with zero attached hydrogens (tertiary/aromatic N) is 2. The van der Waals surface area contributed by atoms with Gasteiger partial charge in [-0.3, -0.25) is 4.98 Å². The zero-order valence-corrected chi connectivity index (χ0v) is 7.19. The van der Waals surface area contributed by atoms with Gasteiger partial charge in [0.1, 0.15) is 5.76 Å². The van der Waals surface area contributed by atoms with E-state index in [4.69, 9.17) is 10.3 Å². The molecular formula is C9H9N3O. The fraction of sp³-hybridized carbons (Fsp3) is 0.111. The smallest absolute Gasteiger partial charge is 0.175 e. The topological polar surface area (TPSA) is 64.9 Å². The van der Waals surface area contributed by atoms with Gasteiger partial charge in [0, 0.05) is 12.4 Å². The van der Waals surface area contributed by atoms with Crippen LogP contribution in [0.3, 0.4) is 0 Å². The number of aromatic nitrogens is 2. The van der Waals surface area contributed by atoms with E-state index in [0.717, 1.165) is 16.9 Å². The van der Waals surface area contributed by atoms with Gasteiger partial charge in [0.2, 0.25) is 0 Å². The lowest BCUT2D eigenvalue weighted by atomic mass is 10.1. The SMILES string of the molecule is Cc1onc(N)c1-c1ccncc1. The van der Waals surface area contributed by atoms with Crippen molar-refractivity contribution in [1.29, 1.82) is 0 Å². The molecule has 0 amide bonds. The Morgan fingerprint density at radius 2 is 2.00 bits per heavy atom. The summed E-state index contributed by atoms with van der Waals surface area (Å²) in [5.41, 5.74) is 7.48. The van der Waals surface area contributed by atoms with Gasteiger partial charge in [0.15, 0.2) is 5.82 Å². The average Bonchev–Trinajstić information content (AvgIpc) is 2.48. The number of pyridine rings is 1. The summed E-state index contributed by atoms with van der Waals surface area (Å²) >= 11 is 0. The van der Waals surface area contributed by atoms with E-state index < -0.39 is 0 Å². The van der Waals surface area contributed by atoms with E-state index in [9.17, 15) is 0 Å². The minimum Gasteiger partial charge on any atom is -0.380 e. The zero-order valence-electron chi connectivity index (χ0n) is 7.19. The third-order valence-electron chi connectivity index (χ3n) is 1.86. The summed E-state index contributed by atoms with van der Waals surface area (Å²) in [6.07, 6.45) is 3.42. The van der Waals surface area contributed by atoms with E-state index in [1.165, 1.54) is 0 Å². The highest BCUT2D eigenvalue weighted by Crippen LogP contribution is 2.27. The molecule has 2 aromatic heterocycles. The molecule has 4 nitrogen and oxygen atoms in total. The van der Waals surface area contributed by atoms with E-state index in [-0.39, 0.29) is 0 Å². The number of hydrogen-bond donors (Lipinski definition) is 1. The monoisotopic (exact) mass is 175 g/mol. The maximum Gasteiger partial charge on any atom is 0.175 e. The first kappa shape index (κ1) is 7.79. The van der Waals surface area contributed by atoms with Crippen molar-refractivity contribution in [3.8, 4) is 11.1 Å². The third kappa shape index (κ3) is 1.26. The molecule has 13 heavy (non-hydrogen) atoms. The van der Waals surface area contributed by atoms with Crippen LogP contribution in [0.15, 0.2) is 29.0 Å². The minimum atomic E-state index is 0.420. The molecule has 2 rings (SSSR count). The Kier molecular flexibility index (Phi) is 1.73. The number of aryl methyl sites for hydroxylation is 1. The predicted octanol–water partition coefficient (Wildman–Crippen LogP) is 1.63. The van der Waals surface area contributed by atoms with E-state index in [1.807, 2.05) is 19.1 Å². The Labute approximate surface area is 75.4 Å². The molecule has 0 atom stereocenters. The van der Waals surface area contributed by atoms with Crippen LogP contribution in [-0.2, 0) is 0 Å². The molecule has 0 aliphatic heterocycles. The summed E-state index contributed by atoms with van der Waals surface area (Å²) in [6.45, 7) is 1.83. The summed E-state index contributed by atoms with van der Waals surface area (Å²) < 4.78 is 4.95. The molecule has 0 bridgehead atoms. The largest absolute Gasteiger partial charge is 0.380 e. The van der Waals surface area contributed by atoms with E-state index in [0.29, 0.717) is 5.82 Å². The summed E-state index contributed by atoms with van der Waals surface area (Å²) in [4.78, 5) is 3.92. The molecule has 0 fully saturated rings. The van der Waals surface area contributed by atoms with Crippen LogP contribution in [0, 0.1) is 6.92 Å². The maximum atomic E-state index is 5.65. The second-order valence-electron chi connectivity index (χ2n) is 2.73. The first-order valence-electron chi connectivity index (χ1n) is 3.91. The van der Waals surface area contributed by atoms with Crippen molar-refractivity contribution in [3.63, 3.8) is 0 Å². The van der Waals surface area contributed by atoms with Crippen LogP contribution in [0.4, 0.5) is 5.82 Å². The molecule has 0 unspecified atom stereocenters. The maximum absolute atomic E-state index is 5.65. The van der Waals surface area contributed by atoms with Gasteiger partial charge in [-0.2, -0.15) is 0 Å². The third-order valence-corrected chi connectivity index (χ3v) is 1.86. The van der Waals surface area contributed by atoms with Gasteiger partial charge in [0.25, 0.3) is 0 Å². The number of nitrogen functional groups attached to an aromatic ring is 1. The van der Waals surface area contributed by atoms with Crippen LogP contribution in [-0.4, -0.2) is 10.1 Å². The highest BCUT2D eigenvalue weighted by Gasteiger charge is 2.10. The van der Waals surface area contributed by atoms with Gasteiger partial charge in [-0.05, 0) is 24.6 Å². The van der Waals surface area contributed by atoms with Crippen molar-refractivity contribution in [2.24, 2.45) is 0 Å². The van der Waals surface area contributed by atoms with Crippen molar-refractivity contribution in [1.82, 2.24) is 10.1 Å². The van der Waals surface area contributed by atoms with Crippen molar-refractivity contribution in [2.45, 2.75) is 6.92 Å². The molecule has 0 saturated heterocycles. The summed E-state index contributed by atoms with van der Waals surface area (Å²) in [7, 11) is 0. The average molecular weight is 175 g/mol. The molecular weight excluding hydrogens is 166 g/mol. The number of nitrogens with two attached hydrogens (primary N) is 1. The predicted molar refractivity (Wildman–Crippen MR) is 48.9 cm³/mol. The van der Waals surface area contributed by atoms with Gasteiger partial charge in [-0.15, -0.1) is 0 Å². The fourth-order valence-electron chi connectivity index (χ4n) is 1.26. The first-order chi connectivity index (χ1) is 6.29. The van der Waals surface area contributed by atoms with Gasteiger partial charge in [0.05, 0.1) is 5.56 Å². The normalized spacial score (nSPS) is 10.2. The van der Waals surface area contributed by atoms with Crippen molar-refractivity contribution in [2.75, 3.05) is 5.73 Å². The molecule has 0 saturated carbocycles. The van der Waals surface area contributed by atoms with Crippen LogP contribution >= 0.6 is 0 Å². The Morgan fingerprint density at radius 1 is 1.31 bits per heavy atom. The van der Waals surface area contributed by atoms with E-state index >= 15 is 0 Å². The minimum absolute atomic E-state index is 0.420. The van der Waals surface area contributed by atoms with Gasteiger partial charge in [-0.1, -0.05) is 5.16 Å². The van der Waals surface area contributed by atoms with Gasteiger partial charge < -0.3 is 10.3 Å². The second kappa shape index (κ2) is 2.90. The molecule has 2 heterocycles. The van der Waals surface area contributed by atoms with Gasteiger partial charge in [-0.25, -0.2) is 0 Å². The molecule has 0 aliphatic carbocycles. The van der Waals surface area contributed by atoms with Gasteiger partial charge >= 0.3 is 0 Å². The first-order valence-corrected chi connectivity index (χ1v) is 3.91. The lowest BCUT2D eigenvalue weighted by Crippen LogP contribution is -1.88. The van der Waals surface area contributed by atoms with Crippen LogP contribution in [0.1, 0.15) is 5.76 Å². The van der Waals surface area contributed by atoms with Crippen LogP contribution in [0.5, 0.6) is 0 Å². The Balaban J connectivity index is 2.59. The molecule has 66 valence electrons. The van der Waals surface area contributed by atoms with Crippen molar-refractivity contribution in [3.05, 3.63) is 30.3 Å². The second-order valence-corrected chi connectivity index (χ2v) is 2.73. The number of hydrogen-bond acceptors (Lipinski definition) is 4. The molecule has 2 aromatic rings. The quantitative estimate of drug-likeness (QED) is 0.715. The van der Waals surface area contributed by atoms with E-state index in [1.54, 1.807) is 12.4 Å². The summed E-state index contributed by atoms with van der Waals surface area (Å²) in [6, 6.07) is 3.74. The highest BCUT2D eigenvalue weighted by atomic mass is 16.5. The van der Waals surface area contributed by atoms with Crippen LogP contribution < -0.4 is 5.73 Å². The molecule has 0 spiro atoms. The van der Waals surface area contributed by atoms with Crippen LogP contribution in [0.25, 0.3) is 11.1 Å². The summed E-state index contributed by atoms with van der Waals surface area (Å²) in [5.74, 6) is 1.15. The molecule has 2 N–H and O–H groups in total. The fourth-order valence-corrected chi connectivity index (χ4v) is 1.26. The van der Waals surface area contributed by atoms with Crippen LogP contribution in [0.2, 0.25) is 0 Å². The lowest BCUT2D eigenvalue weighted by molar-refractivity contribution is 0.401. The number of rotatable bonds is 1.